The highest BCUT2D eigenvalue weighted by Crippen LogP contribution is 2.44. The number of fused-ring (bicyclic) bond motifs is 1. The third-order valence-electron chi connectivity index (χ3n) is 5.57. The molecule has 0 bridgehead atoms. The Morgan fingerprint density at radius 1 is 0.919 bits per heavy atom. The van der Waals surface area contributed by atoms with E-state index in [0.717, 1.165) is 21.6 Å². The van der Waals surface area contributed by atoms with E-state index in [9.17, 15) is 18.0 Å². The van der Waals surface area contributed by atoms with Crippen LogP contribution in [-0.4, -0.2) is 20.8 Å². The van der Waals surface area contributed by atoms with Crippen LogP contribution in [0.5, 0.6) is 5.88 Å². The Morgan fingerprint density at radius 2 is 1.54 bits per heavy atom. The summed E-state index contributed by atoms with van der Waals surface area (Å²) < 4.78 is 49.7. The number of para-hydroxylation sites is 1. The van der Waals surface area contributed by atoms with E-state index in [-0.39, 0.29) is 17.0 Å². The van der Waals surface area contributed by atoms with E-state index in [1.54, 1.807) is 78.9 Å². The molecule has 4 aromatic rings. The van der Waals surface area contributed by atoms with E-state index in [2.05, 4.69) is 5.10 Å². The Balaban J connectivity index is 1.65. The molecular weight excluding hydrogens is 483 g/mol. The van der Waals surface area contributed by atoms with Crippen LogP contribution in [0.15, 0.2) is 110 Å². The summed E-state index contributed by atoms with van der Waals surface area (Å²) in [7, 11) is 0. The van der Waals surface area contributed by atoms with Crippen molar-refractivity contribution in [1.29, 1.82) is 0 Å². The van der Waals surface area contributed by atoms with Gasteiger partial charge in [-0.3, -0.25) is 0 Å². The lowest BCUT2D eigenvalue weighted by atomic mass is 10.0. The molecular formula is C28H20F3N3O3. The van der Waals surface area contributed by atoms with Gasteiger partial charge in [0.2, 0.25) is 5.88 Å². The second-order valence-electron chi connectivity index (χ2n) is 8.03. The van der Waals surface area contributed by atoms with Gasteiger partial charge < -0.3 is 9.57 Å². The Labute approximate surface area is 210 Å². The maximum Gasteiger partial charge on any atom is 0.435 e. The summed E-state index contributed by atoms with van der Waals surface area (Å²) in [5, 5.41) is 4.92. The zero-order valence-corrected chi connectivity index (χ0v) is 19.2. The number of hydrogen-bond donors (Lipinski definition) is 0. The van der Waals surface area contributed by atoms with Crippen LogP contribution in [0.25, 0.3) is 11.8 Å². The van der Waals surface area contributed by atoms with E-state index in [1.165, 1.54) is 12.3 Å². The lowest BCUT2D eigenvalue weighted by Gasteiger charge is -2.25. The Hall–Kier alpha value is -4.79. The number of alkyl halides is 3. The molecule has 0 N–H and O–H groups in total. The quantitative estimate of drug-likeness (QED) is 0.308. The summed E-state index contributed by atoms with van der Waals surface area (Å²) in [6.07, 6.45) is 0.783. The molecule has 5 rings (SSSR count). The van der Waals surface area contributed by atoms with Crippen LogP contribution in [0.1, 0.15) is 33.2 Å². The standard InChI is InChI=1S/C28H20F3N3O3/c29-28(30,31)25-24-23(17-16-20-10-4-1-5-11-20)33(37-27(35)21-12-6-2-7-13-21)18-19-36-26(24)34(32-25)22-14-8-3-9-15-22/h1-19,23H. The van der Waals surface area contributed by atoms with E-state index < -0.39 is 23.9 Å². The molecule has 0 saturated heterocycles. The first-order valence-corrected chi connectivity index (χ1v) is 11.3. The zero-order valence-electron chi connectivity index (χ0n) is 19.2. The van der Waals surface area contributed by atoms with Gasteiger partial charge >= 0.3 is 12.1 Å². The second kappa shape index (κ2) is 10.1. The van der Waals surface area contributed by atoms with Crippen LogP contribution in [0.2, 0.25) is 0 Å². The average Bonchev–Trinajstić information content (AvgIpc) is 3.21. The highest BCUT2D eigenvalue weighted by Gasteiger charge is 2.44. The maximum atomic E-state index is 14.3. The number of ether oxygens (including phenoxy) is 1. The molecule has 2 heterocycles. The summed E-state index contributed by atoms with van der Waals surface area (Å²) >= 11 is 0. The van der Waals surface area contributed by atoms with E-state index in [0.29, 0.717) is 5.69 Å². The lowest BCUT2D eigenvalue weighted by Crippen LogP contribution is -2.27. The monoisotopic (exact) mass is 503 g/mol. The minimum atomic E-state index is -4.81. The highest BCUT2D eigenvalue weighted by molar-refractivity contribution is 5.89. The molecule has 0 amide bonds. The van der Waals surface area contributed by atoms with Crippen molar-refractivity contribution in [2.24, 2.45) is 0 Å². The van der Waals surface area contributed by atoms with Crippen molar-refractivity contribution in [3.63, 3.8) is 0 Å². The van der Waals surface area contributed by atoms with Crippen LogP contribution < -0.4 is 4.74 Å². The number of benzene rings is 3. The van der Waals surface area contributed by atoms with Gasteiger partial charge in [0.05, 0.1) is 23.0 Å². The molecule has 9 heteroatoms. The number of hydroxylamine groups is 2. The third kappa shape index (κ3) is 5.11. The van der Waals surface area contributed by atoms with Gasteiger partial charge in [-0.2, -0.15) is 28.0 Å². The first-order valence-electron chi connectivity index (χ1n) is 11.3. The van der Waals surface area contributed by atoms with Gasteiger partial charge in [-0.05, 0) is 29.8 Å². The van der Waals surface area contributed by atoms with Gasteiger partial charge in [0.1, 0.15) is 12.3 Å². The van der Waals surface area contributed by atoms with Gasteiger partial charge in [-0.15, -0.1) is 0 Å². The van der Waals surface area contributed by atoms with Gasteiger partial charge in [0, 0.05) is 0 Å². The molecule has 0 saturated carbocycles. The maximum absolute atomic E-state index is 14.3. The van der Waals surface area contributed by atoms with Crippen LogP contribution in [0.3, 0.4) is 0 Å². The Bertz CT molecular complexity index is 1430. The van der Waals surface area contributed by atoms with Crippen molar-refractivity contribution < 1.29 is 27.5 Å². The fourth-order valence-corrected chi connectivity index (χ4v) is 3.88. The first-order chi connectivity index (χ1) is 17.9. The summed E-state index contributed by atoms with van der Waals surface area (Å²) in [6, 6.07) is 24.4. The topological polar surface area (TPSA) is 56.6 Å². The van der Waals surface area contributed by atoms with Crippen molar-refractivity contribution in [2.75, 3.05) is 0 Å². The molecule has 0 aliphatic carbocycles. The Morgan fingerprint density at radius 3 is 2.19 bits per heavy atom. The fourth-order valence-electron chi connectivity index (χ4n) is 3.88. The second-order valence-corrected chi connectivity index (χ2v) is 8.03. The molecule has 6 nitrogen and oxygen atoms in total. The SMILES string of the molecule is O=C(ON1C=COc2c(c(C(F)(F)F)nn2-c2ccccc2)C1C=Cc1ccccc1)c1ccccc1. The molecule has 0 spiro atoms. The molecule has 1 atom stereocenters. The van der Waals surface area contributed by atoms with Crippen molar-refractivity contribution in [3.05, 3.63) is 132 Å². The van der Waals surface area contributed by atoms with Crippen molar-refractivity contribution in [3.8, 4) is 11.6 Å². The molecule has 0 radical (unpaired) electrons. The number of carbonyl (C=O) groups is 1. The smallest absolute Gasteiger partial charge is 0.435 e. The zero-order chi connectivity index (χ0) is 25.8. The largest absolute Gasteiger partial charge is 0.445 e. The van der Waals surface area contributed by atoms with E-state index in [4.69, 9.17) is 9.57 Å². The van der Waals surface area contributed by atoms with Crippen LogP contribution >= 0.6 is 0 Å². The van der Waals surface area contributed by atoms with E-state index >= 15 is 0 Å². The number of halogens is 3. The van der Waals surface area contributed by atoms with Gasteiger partial charge in [0.25, 0.3) is 0 Å². The molecule has 0 fully saturated rings. The van der Waals surface area contributed by atoms with Gasteiger partial charge in [-0.1, -0.05) is 78.9 Å². The van der Waals surface area contributed by atoms with Crippen molar-refractivity contribution >= 4 is 12.0 Å². The van der Waals surface area contributed by atoms with Gasteiger partial charge in [0.15, 0.2) is 5.69 Å². The normalized spacial score (nSPS) is 15.2. The van der Waals surface area contributed by atoms with Crippen molar-refractivity contribution in [1.82, 2.24) is 14.8 Å². The lowest BCUT2D eigenvalue weighted by molar-refractivity contribution is -0.143. The van der Waals surface area contributed by atoms with Crippen LogP contribution in [0, 0.1) is 0 Å². The molecule has 1 unspecified atom stereocenters. The van der Waals surface area contributed by atoms with Crippen LogP contribution in [0.4, 0.5) is 13.2 Å². The minimum Gasteiger partial charge on any atom is -0.445 e. The summed E-state index contributed by atoms with van der Waals surface area (Å²) in [6.45, 7) is 0. The molecule has 37 heavy (non-hydrogen) atoms. The number of hydrogen-bond acceptors (Lipinski definition) is 5. The number of aromatic nitrogens is 2. The molecule has 1 aliphatic rings. The predicted molar refractivity (Wildman–Crippen MR) is 130 cm³/mol. The van der Waals surface area contributed by atoms with E-state index in [1.807, 2.05) is 18.2 Å². The fraction of sp³-hybridized carbons (Fsp3) is 0.0714. The van der Waals surface area contributed by atoms with Gasteiger partial charge in [-0.25, -0.2) is 4.79 Å². The minimum absolute atomic E-state index is 0.143. The summed E-state index contributed by atoms with van der Waals surface area (Å²) in [5.41, 5.74) is -0.0873. The Kier molecular flexibility index (Phi) is 6.51. The van der Waals surface area contributed by atoms with Crippen LogP contribution in [-0.2, 0) is 11.0 Å². The average molecular weight is 503 g/mol. The first kappa shape index (κ1) is 23.9. The molecule has 1 aliphatic heterocycles. The third-order valence-corrected chi connectivity index (χ3v) is 5.57. The predicted octanol–water partition coefficient (Wildman–Crippen LogP) is 6.58. The highest BCUT2D eigenvalue weighted by atomic mass is 19.4. The molecule has 3 aromatic carbocycles. The molecule has 186 valence electrons. The summed E-state index contributed by atoms with van der Waals surface area (Å²) in [4.78, 5) is 18.4. The number of rotatable bonds is 5. The molecule has 1 aromatic heterocycles. The summed E-state index contributed by atoms with van der Waals surface area (Å²) in [5.74, 6) is -0.883. The number of carbonyl (C=O) groups excluding carboxylic acids is 1. The van der Waals surface area contributed by atoms with Crippen molar-refractivity contribution in [2.45, 2.75) is 12.2 Å². The number of nitrogens with zero attached hydrogens (tertiary/aromatic N) is 3.